The van der Waals surface area contributed by atoms with Crippen LogP contribution in [0.1, 0.15) is 10.5 Å². The van der Waals surface area contributed by atoms with Crippen LogP contribution in [0.2, 0.25) is 0 Å². The maximum absolute atomic E-state index is 10.7. The van der Waals surface area contributed by atoms with Gasteiger partial charge in [0.15, 0.2) is 6.29 Å². The minimum Gasteiger partial charge on any atom is -0.296 e. The van der Waals surface area contributed by atoms with E-state index in [1.54, 1.807) is 24.7 Å². The molecule has 0 aliphatic carbocycles. The van der Waals surface area contributed by atoms with Gasteiger partial charge in [0, 0.05) is 24.2 Å². The fourth-order valence-electron chi connectivity index (χ4n) is 1.67. The lowest BCUT2D eigenvalue weighted by Gasteiger charge is -1.96. The Morgan fingerprint density at radius 2 is 2.05 bits per heavy atom. The Morgan fingerprint density at radius 1 is 1.11 bits per heavy atom. The fourth-order valence-corrected chi connectivity index (χ4v) is 2.55. The standard InChI is InChI=1S/C14H9N3OS/c18-9-11-4-1-5-12(17-11)13-8-16-14(19-13)10-3-2-6-15-7-10/h1-9H. The lowest BCUT2D eigenvalue weighted by atomic mass is 10.3. The van der Waals surface area contributed by atoms with Gasteiger partial charge in [-0.15, -0.1) is 11.3 Å². The molecule has 0 aromatic carbocycles. The van der Waals surface area contributed by atoms with Crippen LogP contribution in [0.15, 0.2) is 48.9 Å². The summed E-state index contributed by atoms with van der Waals surface area (Å²) < 4.78 is 0. The second-order valence-corrected chi connectivity index (χ2v) is 4.87. The normalized spacial score (nSPS) is 10.3. The number of rotatable bonds is 3. The fraction of sp³-hybridized carbons (Fsp3) is 0. The van der Waals surface area contributed by atoms with Gasteiger partial charge in [-0.2, -0.15) is 0 Å². The van der Waals surface area contributed by atoms with Crippen LogP contribution in [0, 0.1) is 0 Å². The van der Waals surface area contributed by atoms with Crippen LogP contribution in [-0.2, 0) is 0 Å². The van der Waals surface area contributed by atoms with Crippen LogP contribution >= 0.6 is 11.3 Å². The van der Waals surface area contributed by atoms with Crippen molar-refractivity contribution in [1.82, 2.24) is 15.0 Å². The quantitative estimate of drug-likeness (QED) is 0.684. The molecule has 0 atom stereocenters. The molecule has 0 saturated carbocycles. The van der Waals surface area contributed by atoms with E-state index in [2.05, 4.69) is 15.0 Å². The number of pyridine rings is 2. The molecule has 4 nitrogen and oxygen atoms in total. The summed E-state index contributed by atoms with van der Waals surface area (Å²) in [4.78, 5) is 24.4. The molecule has 0 aliphatic rings. The van der Waals surface area contributed by atoms with Gasteiger partial charge in [0.2, 0.25) is 0 Å². The molecule has 3 aromatic heterocycles. The first-order valence-corrected chi connectivity index (χ1v) is 6.47. The van der Waals surface area contributed by atoms with Gasteiger partial charge in [0.05, 0.1) is 10.6 Å². The average Bonchev–Trinajstić information content (AvgIpc) is 2.98. The minimum atomic E-state index is 0.425. The molecule has 0 amide bonds. The third-order valence-corrected chi connectivity index (χ3v) is 3.63. The third kappa shape index (κ3) is 2.41. The largest absolute Gasteiger partial charge is 0.296 e. The van der Waals surface area contributed by atoms with E-state index in [1.165, 1.54) is 11.3 Å². The number of hydrogen-bond donors (Lipinski definition) is 0. The SMILES string of the molecule is O=Cc1cccc(-c2cnc(-c3cccnc3)s2)n1. The molecule has 0 aliphatic heterocycles. The van der Waals surface area contributed by atoms with E-state index in [0.717, 1.165) is 27.4 Å². The van der Waals surface area contributed by atoms with Gasteiger partial charge >= 0.3 is 0 Å². The molecule has 3 aromatic rings. The van der Waals surface area contributed by atoms with Crippen LogP contribution in [0.5, 0.6) is 0 Å². The van der Waals surface area contributed by atoms with E-state index in [1.807, 2.05) is 24.3 Å². The lowest BCUT2D eigenvalue weighted by Crippen LogP contribution is -1.87. The molecule has 0 fully saturated rings. The molecule has 0 radical (unpaired) electrons. The van der Waals surface area contributed by atoms with Gasteiger partial charge in [0.25, 0.3) is 0 Å². The predicted octanol–water partition coefficient (Wildman–Crippen LogP) is 3.08. The zero-order valence-electron chi connectivity index (χ0n) is 9.85. The number of thiazole rings is 1. The van der Waals surface area contributed by atoms with Crippen LogP contribution in [0.25, 0.3) is 21.1 Å². The Morgan fingerprint density at radius 3 is 2.84 bits per heavy atom. The van der Waals surface area contributed by atoms with Crippen molar-refractivity contribution in [3.8, 4) is 21.1 Å². The van der Waals surface area contributed by atoms with Crippen molar-refractivity contribution < 1.29 is 4.79 Å². The molecular weight excluding hydrogens is 258 g/mol. The summed E-state index contributed by atoms with van der Waals surface area (Å²) in [7, 11) is 0. The number of carbonyl (C=O) groups is 1. The molecule has 0 saturated heterocycles. The summed E-state index contributed by atoms with van der Waals surface area (Å²) in [6.45, 7) is 0. The van der Waals surface area contributed by atoms with Crippen molar-refractivity contribution in [2.75, 3.05) is 0 Å². The highest BCUT2D eigenvalue weighted by Gasteiger charge is 2.08. The number of nitrogens with zero attached hydrogens (tertiary/aromatic N) is 3. The van der Waals surface area contributed by atoms with Crippen LogP contribution < -0.4 is 0 Å². The third-order valence-electron chi connectivity index (χ3n) is 2.56. The van der Waals surface area contributed by atoms with E-state index in [-0.39, 0.29) is 0 Å². The minimum absolute atomic E-state index is 0.425. The summed E-state index contributed by atoms with van der Waals surface area (Å²) in [5.74, 6) is 0. The van der Waals surface area contributed by atoms with Crippen molar-refractivity contribution in [2.24, 2.45) is 0 Å². The maximum Gasteiger partial charge on any atom is 0.168 e. The Hall–Kier alpha value is -2.40. The highest BCUT2D eigenvalue weighted by molar-refractivity contribution is 7.18. The van der Waals surface area contributed by atoms with Crippen molar-refractivity contribution in [3.63, 3.8) is 0 Å². The maximum atomic E-state index is 10.7. The van der Waals surface area contributed by atoms with E-state index < -0.39 is 0 Å². The Bertz CT molecular complexity index is 709. The van der Waals surface area contributed by atoms with Crippen LogP contribution in [0.3, 0.4) is 0 Å². The van der Waals surface area contributed by atoms with Gasteiger partial charge in [0.1, 0.15) is 10.7 Å². The molecule has 3 rings (SSSR count). The molecule has 0 N–H and O–H groups in total. The highest BCUT2D eigenvalue weighted by Crippen LogP contribution is 2.30. The van der Waals surface area contributed by atoms with Crippen LogP contribution in [0.4, 0.5) is 0 Å². The first-order valence-electron chi connectivity index (χ1n) is 5.65. The number of hydrogen-bond acceptors (Lipinski definition) is 5. The van der Waals surface area contributed by atoms with Crippen molar-refractivity contribution in [3.05, 3.63) is 54.6 Å². The molecular formula is C14H9N3OS. The van der Waals surface area contributed by atoms with Crippen molar-refractivity contribution >= 4 is 17.6 Å². The summed E-state index contributed by atoms with van der Waals surface area (Å²) in [5, 5.41) is 0.890. The second-order valence-electron chi connectivity index (χ2n) is 3.84. The average molecular weight is 267 g/mol. The molecule has 0 bridgehead atoms. The summed E-state index contributed by atoms with van der Waals surface area (Å²) in [5.41, 5.74) is 2.16. The first kappa shape index (κ1) is 11.7. The Labute approximate surface area is 113 Å². The van der Waals surface area contributed by atoms with Crippen LogP contribution in [-0.4, -0.2) is 21.2 Å². The predicted molar refractivity (Wildman–Crippen MR) is 74.0 cm³/mol. The smallest absolute Gasteiger partial charge is 0.168 e. The molecule has 0 spiro atoms. The first-order chi connectivity index (χ1) is 9.36. The summed E-state index contributed by atoms with van der Waals surface area (Å²) in [6.07, 6.45) is 6.02. The number of carbonyl (C=O) groups excluding carboxylic acids is 1. The van der Waals surface area contributed by atoms with E-state index >= 15 is 0 Å². The van der Waals surface area contributed by atoms with E-state index in [4.69, 9.17) is 0 Å². The topological polar surface area (TPSA) is 55.7 Å². The van der Waals surface area contributed by atoms with Gasteiger partial charge in [-0.1, -0.05) is 6.07 Å². The molecule has 3 heterocycles. The molecule has 0 unspecified atom stereocenters. The molecule has 19 heavy (non-hydrogen) atoms. The monoisotopic (exact) mass is 267 g/mol. The molecule has 92 valence electrons. The van der Waals surface area contributed by atoms with Gasteiger partial charge < -0.3 is 0 Å². The highest BCUT2D eigenvalue weighted by atomic mass is 32.1. The zero-order chi connectivity index (χ0) is 13.1. The summed E-state index contributed by atoms with van der Waals surface area (Å²) >= 11 is 1.53. The van der Waals surface area contributed by atoms with Gasteiger partial charge in [-0.3, -0.25) is 9.78 Å². The number of aldehydes is 1. The van der Waals surface area contributed by atoms with E-state index in [0.29, 0.717) is 5.69 Å². The molecule has 5 heteroatoms. The van der Waals surface area contributed by atoms with Gasteiger partial charge in [-0.25, -0.2) is 9.97 Å². The van der Waals surface area contributed by atoms with Crippen molar-refractivity contribution in [1.29, 1.82) is 0 Å². The van der Waals surface area contributed by atoms with E-state index in [9.17, 15) is 4.79 Å². The van der Waals surface area contributed by atoms with Gasteiger partial charge in [-0.05, 0) is 24.3 Å². The van der Waals surface area contributed by atoms with Crippen molar-refractivity contribution in [2.45, 2.75) is 0 Å². The lowest BCUT2D eigenvalue weighted by molar-refractivity contribution is 0.111. The zero-order valence-corrected chi connectivity index (χ0v) is 10.7. The second kappa shape index (κ2) is 5.07. The summed E-state index contributed by atoms with van der Waals surface area (Å²) in [6, 6.07) is 9.20. The Balaban J connectivity index is 1.99. The number of aromatic nitrogens is 3. The Kier molecular flexibility index (Phi) is 3.12.